The molecule has 0 spiro atoms. The number of ether oxygens (including phenoxy) is 1. The van der Waals surface area contributed by atoms with Crippen LogP contribution in [0.5, 0.6) is 11.5 Å². The van der Waals surface area contributed by atoms with Crippen LogP contribution >= 0.6 is 42.1 Å². The predicted octanol–water partition coefficient (Wildman–Crippen LogP) is 6.71. The van der Waals surface area contributed by atoms with Crippen LogP contribution in [0.25, 0.3) is 10.6 Å². The Morgan fingerprint density at radius 3 is 2.40 bits per heavy atom. The zero-order chi connectivity index (χ0) is 25.4. The van der Waals surface area contributed by atoms with Gasteiger partial charge in [0.05, 0.1) is 15.7 Å². The Kier molecular flexibility index (Phi) is 7.15. The summed E-state index contributed by atoms with van der Waals surface area (Å²) in [4.78, 5) is 22.9. The standard InChI is InChI=1S/C22H16Cl2F2N3O4PS/c1-29-21(27-15-7-10-18(23)19(24)12-15)35-20(28-29)13-3-2-4-17(11-13)33-16-8-5-14(6-9-16)22(25,26)34(30,31)32/h2-12H,1H3,(H2,30,31,32). The minimum Gasteiger partial charge on any atom is -0.457 e. The molecule has 0 amide bonds. The summed E-state index contributed by atoms with van der Waals surface area (Å²) in [7, 11) is -3.89. The maximum absolute atomic E-state index is 13.8. The SMILES string of the molecule is Cn1nc(-c2cccc(Oc3ccc(C(F)(F)P(=O)(O)O)cc3)c2)sc1=Nc1ccc(Cl)c(Cl)c1. The molecule has 13 heteroatoms. The van der Waals surface area contributed by atoms with Crippen LogP contribution in [0, 0.1) is 0 Å². The predicted molar refractivity (Wildman–Crippen MR) is 131 cm³/mol. The van der Waals surface area contributed by atoms with Gasteiger partial charge in [0.1, 0.15) is 16.5 Å². The van der Waals surface area contributed by atoms with E-state index in [1.165, 1.54) is 23.5 Å². The normalized spacial score (nSPS) is 12.7. The van der Waals surface area contributed by atoms with Crippen molar-refractivity contribution in [3.63, 3.8) is 0 Å². The van der Waals surface area contributed by atoms with Crippen molar-refractivity contribution in [3.05, 3.63) is 87.1 Å². The second-order valence-corrected chi connectivity index (χ2v) is 10.7. The second kappa shape index (κ2) is 9.81. The zero-order valence-corrected chi connectivity index (χ0v) is 21.0. The van der Waals surface area contributed by atoms with Gasteiger partial charge in [-0.25, -0.2) is 9.67 Å². The lowest BCUT2D eigenvalue weighted by molar-refractivity contribution is 0.0564. The Bertz CT molecular complexity index is 1500. The molecule has 0 bridgehead atoms. The van der Waals surface area contributed by atoms with Crippen molar-refractivity contribution in [2.75, 3.05) is 0 Å². The van der Waals surface area contributed by atoms with Crippen LogP contribution in [0.4, 0.5) is 14.5 Å². The first kappa shape index (κ1) is 25.5. The van der Waals surface area contributed by atoms with E-state index in [-0.39, 0.29) is 5.75 Å². The zero-order valence-electron chi connectivity index (χ0n) is 17.8. The molecule has 0 radical (unpaired) electrons. The Hall–Kier alpha value is -2.59. The average Bonchev–Trinajstić information content (AvgIpc) is 3.16. The maximum atomic E-state index is 13.8. The largest absolute Gasteiger partial charge is 0.457 e. The molecule has 0 aliphatic carbocycles. The molecule has 35 heavy (non-hydrogen) atoms. The molecule has 0 aliphatic rings. The smallest absolute Gasteiger partial charge is 0.399 e. The van der Waals surface area contributed by atoms with Gasteiger partial charge in [0, 0.05) is 18.2 Å². The van der Waals surface area contributed by atoms with E-state index in [0.717, 1.165) is 17.7 Å². The van der Waals surface area contributed by atoms with E-state index in [0.29, 0.717) is 31.3 Å². The van der Waals surface area contributed by atoms with E-state index in [9.17, 15) is 13.3 Å². The summed E-state index contributed by atoms with van der Waals surface area (Å²) >= 11 is 13.3. The van der Waals surface area contributed by atoms with Gasteiger partial charge in [0.15, 0.2) is 0 Å². The number of halogens is 4. The van der Waals surface area contributed by atoms with Crippen LogP contribution in [-0.4, -0.2) is 19.6 Å². The minimum absolute atomic E-state index is 0.215. The monoisotopic (exact) mass is 557 g/mol. The number of aryl methyl sites for hydroxylation is 1. The van der Waals surface area contributed by atoms with E-state index >= 15 is 0 Å². The van der Waals surface area contributed by atoms with Crippen LogP contribution in [0.1, 0.15) is 5.56 Å². The number of hydrogen-bond donors (Lipinski definition) is 2. The molecule has 1 aromatic heterocycles. The number of nitrogens with zero attached hydrogens (tertiary/aromatic N) is 3. The number of rotatable bonds is 6. The summed E-state index contributed by atoms with van der Waals surface area (Å²) in [6.07, 6.45) is 0. The fraction of sp³-hybridized carbons (Fsp3) is 0.0909. The molecule has 182 valence electrons. The van der Waals surface area contributed by atoms with E-state index in [1.807, 2.05) is 6.07 Å². The Balaban J connectivity index is 1.57. The molecule has 0 saturated heterocycles. The van der Waals surface area contributed by atoms with E-state index in [4.69, 9.17) is 37.7 Å². The van der Waals surface area contributed by atoms with Gasteiger partial charge >= 0.3 is 13.3 Å². The van der Waals surface area contributed by atoms with Crippen LogP contribution < -0.4 is 9.54 Å². The summed E-state index contributed by atoms with van der Waals surface area (Å²) in [5.41, 5.74) is -3.73. The number of aromatic nitrogens is 2. The Labute approximate surface area is 212 Å². The van der Waals surface area contributed by atoms with Crippen LogP contribution in [0.3, 0.4) is 0 Å². The van der Waals surface area contributed by atoms with E-state index in [2.05, 4.69) is 10.1 Å². The van der Waals surface area contributed by atoms with Crippen molar-refractivity contribution in [1.82, 2.24) is 9.78 Å². The first-order chi connectivity index (χ1) is 16.4. The maximum Gasteiger partial charge on any atom is 0.399 e. The lowest BCUT2D eigenvalue weighted by Gasteiger charge is -2.18. The van der Waals surface area contributed by atoms with Crippen LogP contribution in [0.15, 0.2) is 71.7 Å². The lowest BCUT2D eigenvalue weighted by Crippen LogP contribution is -2.13. The summed E-state index contributed by atoms with van der Waals surface area (Å²) in [6.45, 7) is 0. The van der Waals surface area contributed by atoms with Gasteiger partial charge in [-0.2, -0.15) is 13.9 Å². The molecular formula is C22H16Cl2F2N3O4PS. The molecule has 0 atom stereocenters. The second-order valence-electron chi connectivity index (χ2n) is 7.26. The minimum atomic E-state index is -5.64. The molecule has 4 rings (SSSR count). The van der Waals surface area contributed by atoms with E-state index < -0.39 is 18.8 Å². The molecule has 0 saturated carbocycles. The third kappa shape index (κ3) is 5.64. The molecule has 4 aromatic rings. The average molecular weight is 558 g/mol. The van der Waals surface area contributed by atoms with Crippen molar-refractivity contribution in [2.24, 2.45) is 12.0 Å². The van der Waals surface area contributed by atoms with Crippen LogP contribution in [0.2, 0.25) is 10.0 Å². The number of benzene rings is 3. The van der Waals surface area contributed by atoms with Gasteiger partial charge in [-0.15, -0.1) is 0 Å². The topological polar surface area (TPSA) is 96.9 Å². The third-order valence-electron chi connectivity index (χ3n) is 4.72. The molecule has 2 N–H and O–H groups in total. The Morgan fingerprint density at radius 1 is 1.03 bits per heavy atom. The van der Waals surface area contributed by atoms with Gasteiger partial charge in [-0.05, 0) is 54.6 Å². The highest BCUT2D eigenvalue weighted by Crippen LogP contribution is 2.59. The van der Waals surface area contributed by atoms with E-state index in [1.54, 1.807) is 48.1 Å². The van der Waals surface area contributed by atoms with Gasteiger partial charge in [0.2, 0.25) is 4.80 Å². The summed E-state index contributed by atoms with van der Waals surface area (Å²) in [5.74, 6) is 0.630. The molecule has 0 aliphatic heterocycles. The van der Waals surface area contributed by atoms with Crippen molar-refractivity contribution in [2.45, 2.75) is 5.66 Å². The highest BCUT2D eigenvalue weighted by atomic mass is 35.5. The number of hydrogen-bond acceptors (Lipinski definition) is 5. The number of alkyl halides is 2. The highest BCUT2D eigenvalue weighted by Gasteiger charge is 2.50. The van der Waals surface area contributed by atoms with Crippen molar-refractivity contribution in [3.8, 4) is 22.1 Å². The highest BCUT2D eigenvalue weighted by molar-refractivity contribution is 7.52. The summed E-state index contributed by atoms with van der Waals surface area (Å²) in [5, 5.41) is 5.98. The van der Waals surface area contributed by atoms with Crippen molar-refractivity contribution < 1.29 is 27.9 Å². The molecule has 0 fully saturated rings. The fourth-order valence-electron chi connectivity index (χ4n) is 2.95. The summed E-state index contributed by atoms with van der Waals surface area (Å²) < 4.78 is 46.1. The molecule has 1 heterocycles. The lowest BCUT2D eigenvalue weighted by atomic mass is 10.2. The van der Waals surface area contributed by atoms with Crippen molar-refractivity contribution in [1.29, 1.82) is 0 Å². The van der Waals surface area contributed by atoms with Crippen molar-refractivity contribution >= 4 is 47.8 Å². The molecule has 0 unspecified atom stereocenters. The van der Waals surface area contributed by atoms with Gasteiger partial charge in [0.25, 0.3) is 0 Å². The Morgan fingerprint density at radius 2 is 1.74 bits per heavy atom. The molecular weight excluding hydrogens is 542 g/mol. The van der Waals surface area contributed by atoms with Gasteiger partial charge in [-0.3, -0.25) is 4.57 Å². The first-order valence-corrected chi connectivity index (χ1v) is 13.0. The molecule has 3 aromatic carbocycles. The fourth-order valence-corrected chi connectivity index (χ4v) is 4.63. The van der Waals surface area contributed by atoms with Gasteiger partial charge in [-0.1, -0.05) is 46.7 Å². The third-order valence-corrected chi connectivity index (χ3v) is 7.50. The quantitative estimate of drug-likeness (QED) is 0.257. The van der Waals surface area contributed by atoms with Gasteiger partial charge < -0.3 is 14.5 Å². The first-order valence-electron chi connectivity index (χ1n) is 9.80. The van der Waals surface area contributed by atoms with Crippen LogP contribution in [-0.2, 0) is 17.3 Å². The molecule has 7 nitrogen and oxygen atoms in total. The summed E-state index contributed by atoms with van der Waals surface area (Å²) in [6, 6.07) is 16.3.